The number of hydrogen-bond donors (Lipinski definition) is 2. The highest BCUT2D eigenvalue weighted by Gasteiger charge is 2.42. The molecule has 1 unspecified atom stereocenters. The zero-order valence-corrected chi connectivity index (χ0v) is 11.6. The lowest BCUT2D eigenvalue weighted by molar-refractivity contribution is -0.143. The number of hydrazine groups is 1. The normalized spacial score (nSPS) is 17.9. The summed E-state index contributed by atoms with van der Waals surface area (Å²) in [4.78, 5) is 24.1. The number of carbonyl (C=O) groups excluding carboxylic acids is 2. The van der Waals surface area contributed by atoms with Crippen LogP contribution in [0.3, 0.4) is 0 Å². The predicted octanol–water partition coefficient (Wildman–Crippen LogP) is 1.13. The summed E-state index contributed by atoms with van der Waals surface area (Å²) in [5, 5.41) is 8.91. The summed E-state index contributed by atoms with van der Waals surface area (Å²) in [6.45, 7) is 1.86. The van der Waals surface area contributed by atoms with Crippen molar-refractivity contribution in [1.29, 1.82) is 5.41 Å². The van der Waals surface area contributed by atoms with Crippen molar-refractivity contribution in [2.45, 2.75) is 6.92 Å². The van der Waals surface area contributed by atoms with Crippen molar-refractivity contribution in [3.63, 3.8) is 0 Å². The Balaban J connectivity index is 2.20. The summed E-state index contributed by atoms with van der Waals surface area (Å²) >= 11 is 5.01. The molecule has 0 spiro atoms. The number of rotatable bonds is 3. The molecule has 104 valence electrons. The quantitative estimate of drug-likeness (QED) is 0.644. The minimum absolute atomic E-state index is 0.0951. The third-order valence-electron chi connectivity index (χ3n) is 2.74. The van der Waals surface area contributed by atoms with Crippen molar-refractivity contribution < 1.29 is 14.3 Å². The molecular formula is C13H13N3O3S. The number of amides is 1. The van der Waals surface area contributed by atoms with Crippen LogP contribution < -0.4 is 5.43 Å². The Morgan fingerprint density at radius 1 is 1.40 bits per heavy atom. The van der Waals surface area contributed by atoms with Gasteiger partial charge in [0, 0.05) is 5.56 Å². The third-order valence-corrected chi connectivity index (χ3v) is 3.07. The molecule has 0 aliphatic carbocycles. The largest absolute Gasteiger partial charge is 0.465 e. The molecule has 6 nitrogen and oxygen atoms in total. The highest BCUT2D eigenvalue weighted by Crippen LogP contribution is 2.17. The zero-order chi connectivity index (χ0) is 14.7. The van der Waals surface area contributed by atoms with Crippen LogP contribution in [-0.4, -0.2) is 34.3 Å². The Labute approximate surface area is 121 Å². The number of nitrogens with one attached hydrogen (secondary N) is 2. The van der Waals surface area contributed by atoms with E-state index >= 15 is 0 Å². The molecule has 1 aliphatic rings. The summed E-state index contributed by atoms with van der Waals surface area (Å²) < 4.78 is 4.86. The van der Waals surface area contributed by atoms with Crippen LogP contribution in [0, 0.1) is 11.3 Å². The maximum absolute atomic E-state index is 12.2. The standard InChI is InChI=1S/C13H13N3O3S/c1-2-19-13(18)9-10(14)16(15-11(9)20)12(17)8-6-4-3-5-7-8/h3-7,9,14H,2H2,1H3,(H,15,20). The van der Waals surface area contributed by atoms with Gasteiger partial charge in [-0.1, -0.05) is 30.4 Å². The molecule has 1 amide bonds. The van der Waals surface area contributed by atoms with E-state index < -0.39 is 17.8 Å². The van der Waals surface area contributed by atoms with Crippen LogP contribution in [0.15, 0.2) is 30.3 Å². The van der Waals surface area contributed by atoms with Gasteiger partial charge in [-0.15, -0.1) is 0 Å². The lowest BCUT2D eigenvalue weighted by atomic mass is 10.1. The number of benzene rings is 1. The molecule has 1 aromatic carbocycles. The molecule has 1 aromatic rings. The van der Waals surface area contributed by atoms with E-state index in [0.29, 0.717) is 5.56 Å². The second-order valence-corrected chi connectivity index (χ2v) is 4.49. The lowest BCUT2D eigenvalue weighted by Gasteiger charge is -2.15. The molecule has 0 radical (unpaired) electrons. The van der Waals surface area contributed by atoms with Crippen molar-refractivity contribution in [2.75, 3.05) is 6.61 Å². The SMILES string of the molecule is CCOC(=O)C1C(=N)N(C(=O)c2ccccc2)NC1=S. The van der Waals surface area contributed by atoms with Crippen molar-refractivity contribution in [1.82, 2.24) is 10.4 Å². The second-order valence-electron chi connectivity index (χ2n) is 4.05. The Kier molecular flexibility index (Phi) is 4.09. The molecule has 7 heteroatoms. The van der Waals surface area contributed by atoms with Crippen LogP contribution in [-0.2, 0) is 9.53 Å². The fourth-order valence-corrected chi connectivity index (χ4v) is 2.10. The molecule has 1 atom stereocenters. The van der Waals surface area contributed by atoms with Crippen LogP contribution in [0.25, 0.3) is 0 Å². The highest BCUT2D eigenvalue weighted by molar-refractivity contribution is 7.80. The first kappa shape index (κ1) is 14.1. The molecule has 2 N–H and O–H groups in total. The molecule has 0 bridgehead atoms. The van der Waals surface area contributed by atoms with Crippen molar-refractivity contribution in [3.05, 3.63) is 35.9 Å². The fraction of sp³-hybridized carbons (Fsp3) is 0.231. The molecule has 1 heterocycles. The maximum Gasteiger partial charge on any atom is 0.323 e. The van der Waals surface area contributed by atoms with Gasteiger partial charge in [-0.25, -0.2) is 5.01 Å². The van der Waals surface area contributed by atoms with E-state index in [-0.39, 0.29) is 17.4 Å². The molecule has 0 aromatic heterocycles. The van der Waals surface area contributed by atoms with Crippen LogP contribution in [0.5, 0.6) is 0 Å². The first-order valence-electron chi connectivity index (χ1n) is 6.01. The van der Waals surface area contributed by atoms with Gasteiger partial charge in [0.05, 0.1) is 6.61 Å². The van der Waals surface area contributed by atoms with Crippen molar-refractivity contribution in [3.8, 4) is 0 Å². The summed E-state index contributed by atoms with van der Waals surface area (Å²) in [5.74, 6) is -2.32. The number of nitrogens with zero attached hydrogens (tertiary/aromatic N) is 1. The van der Waals surface area contributed by atoms with Crippen LogP contribution in [0.1, 0.15) is 17.3 Å². The van der Waals surface area contributed by atoms with Gasteiger partial charge in [-0.3, -0.25) is 20.4 Å². The smallest absolute Gasteiger partial charge is 0.323 e. The van der Waals surface area contributed by atoms with E-state index in [9.17, 15) is 9.59 Å². The van der Waals surface area contributed by atoms with Gasteiger partial charge in [0.1, 0.15) is 10.8 Å². The Bertz CT molecular complexity index is 573. The van der Waals surface area contributed by atoms with Crippen molar-refractivity contribution >= 4 is 34.9 Å². The highest BCUT2D eigenvalue weighted by atomic mass is 32.1. The van der Waals surface area contributed by atoms with Gasteiger partial charge in [0.15, 0.2) is 5.92 Å². The molecule has 1 fully saturated rings. The summed E-state index contributed by atoms with van der Waals surface area (Å²) in [7, 11) is 0. The first-order chi connectivity index (χ1) is 9.56. The Morgan fingerprint density at radius 3 is 2.65 bits per heavy atom. The monoisotopic (exact) mass is 291 g/mol. The summed E-state index contributed by atoms with van der Waals surface area (Å²) in [5.41, 5.74) is 2.98. The Hall–Kier alpha value is -2.28. The van der Waals surface area contributed by atoms with Gasteiger partial charge in [-0.2, -0.15) is 0 Å². The summed E-state index contributed by atoms with van der Waals surface area (Å²) in [6, 6.07) is 8.46. The van der Waals surface area contributed by atoms with Crippen molar-refractivity contribution in [2.24, 2.45) is 5.92 Å². The maximum atomic E-state index is 12.2. The lowest BCUT2D eigenvalue weighted by Crippen LogP contribution is -2.40. The molecule has 2 rings (SSSR count). The number of ether oxygens (including phenoxy) is 1. The second kappa shape index (κ2) is 5.79. The minimum atomic E-state index is -1.03. The van der Waals surface area contributed by atoms with Gasteiger partial charge in [0.2, 0.25) is 0 Å². The van der Waals surface area contributed by atoms with E-state index in [2.05, 4.69) is 5.43 Å². The van der Waals surface area contributed by atoms with E-state index in [1.54, 1.807) is 37.3 Å². The van der Waals surface area contributed by atoms with Crippen LogP contribution in [0.4, 0.5) is 0 Å². The summed E-state index contributed by atoms with van der Waals surface area (Å²) in [6.07, 6.45) is 0. The van der Waals surface area contributed by atoms with Gasteiger partial charge >= 0.3 is 5.97 Å². The van der Waals surface area contributed by atoms with Gasteiger partial charge < -0.3 is 4.74 Å². The first-order valence-corrected chi connectivity index (χ1v) is 6.42. The van der Waals surface area contributed by atoms with E-state index in [1.165, 1.54) is 0 Å². The van der Waals surface area contributed by atoms with E-state index in [1.807, 2.05) is 0 Å². The molecule has 0 saturated carbocycles. The van der Waals surface area contributed by atoms with E-state index in [0.717, 1.165) is 5.01 Å². The number of carbonyl (C=O) groups is 2. The zero-order valence-electron chi connectivity index (χ0n) is 10.8. The predicted molar refractivity (Wildman–Crippen MR) is 76.2 cm³/mol. The Morgan fingerprint density at radius 2 is 2.05 bits per heavy atom. The fourth-order valence-electron chi connectivity index (χ4n) is 1.80. The van der Waals surface area contributed by atoms with E-state index in [4.69, 9.17) is 22.4 Å². The third kappa shape index (κ3) is 2.53. The van der Waals surface area contributed by atoms with Gasteiger partial charge in [-0.05, 0) is 19.1 Å². The average Bonchev–Trinajstić information content (AvgIpc) is 2.74. The van der Waals surface area contributed by atoms with Gasteiger partial charge in [0.25, 0.3) is 5.91 Å². The molecule has 1 aliphatic heterocycles. The number of esters is 1. The number of thiocarbonyl (C=S) groups is 1. The van der Waals surface area contributed by atoms with Crippen LogP contribution in [0.2, 0.25) is 0 Å². The molecular weight excluding hydrogens is 278 g/mol. The number of amidine groups is 1. The minimum Gasteiger partial charge on any atom is -0.465 e. The van der Waals surface area contributed by atoms with Crippen LogP contribution >= 0.6 is 12.2 Å². The molecule has 20 heavy (non-hydrogen) atoms. The topological polar surface area (TPSA) is 82.5 Å². The average molecular weight is 291 g/mol. The molecule has 1 saturated heterocycles. The number of hydrogen-bond acceptors (Lipinski definition) is 5.